The van der Waals surface area contributed by atoms with Crippen LogP contribution in [0.15, 0.2) is 4.52 Å². The first kappa shape index (κ1) is 13.5. The second kappa shape index (κ2) is 6.82. The molecule has 0 saturated carbocycles. The Labute approximate surface area is 107 Å². The Hall–Kier alpha value is -0.980. The van der Waals surface area contributed by atoms with E-state index >= 15 is 0 Å². The molecule has 2 unspecified atom stereocenters. The van der Waals surface area contributed by atoms with Gasteiger partial charge in [0.25, 0.3) is 0 Å². The Kier molecular flexibility index (Phi) is 5.10. The zero-order chi connectivity index (χ0) is 12.8. The number of rotatable bonds is 6. The molecule has 2 heterocycles. The van der Waals surface area contributed by atoms with E-state index in [4.69, 9.17) is 14.0 Å². The normalized spacial score (nSPS) is 22.0. The maximum absolute atomic E-state index is 5.53. The number of nitrogens with zero attached hydrogens (tertiary/aromatic N) is 2. The molecule has 1 aliphatic heterocycles. The van der Waals surface area contributed by atoms with E-state index in [1.54, 1.807) is 0 Å². The smallest absolute Gasteiger partial charge is 0.228 e. The van der Waals surface area contributed by atoms with Gasteiger partial charge in [-0.15, -0.1) is 0 Å². The first-order valence-corrected chi connectivity index (χ1v) is 6.52. The molecular weight excluding hydrogens is 234 g/mol. The summed E-state index contributed by atoms with van der Waals surface area (Å²) in [5, 5.41) is 7.22. The fraction of sp³-hybridized carbons (Fsp3) is 0.833. The molecule has 1 aliphatic rings. The van der Waals surface area contributed by atoms with Crippen LogP contribution in [0.5, 0.6) is 0 Å². The predicted octanol–water partition coefficient (Wildman–Crippen LogP) is 1.09. The first-order chi connectivity index (χ1) is 8.83. The lowest BCUT2D eigenvalue weighted by atomic mass is 10.1. The van der Waals surface area contributed by atoms with E-state index in [9.17, 15) is 0 Å². The molecule has 102 valence electrons. The average molecular weight is 255 g/mol. The van der Waals surface area contributed by atoms with Gasteiger partial charge in [-0.1, -0.05) is 18.5 Å². The van der Waals surface area contributed by atoms with Crippen LogP contribution < -0.4 is 5.32 Å². The highest BCUT2D eigenvalue weighted by molar-refractivity contribution is 4.94. The molecule has 0 aromatic carbocycles. The highest BCUT2D eigenvalue weighted by atomic mass is 16.6. The lowest BCUT2D eigenvalue weighted by molar-refractivity contribution is -0.0941. The minimum atomic E-state index is -0.185. The van der Waals surface area contributed by atoms with E-state index in [0.717, 1.165) is 19.3 Å². The largest absolute Gasteiger partial charge is 0.376 e. The summed E-state index contributed by atoms with van der Waals surface area (Å²) in [4.78, 5) is 4.38. The monoisotopic (exact) mass is 255 g/mol. The lowest BCUT2D eigenvalue weighted by Gasteiger charge is -2.19. The zero-order valence-corrected chi connectivity index (χ0v) is 11.0. The Bertz CT molecular complexity index is 350. The van der Waals surface area contributed by atoms with E-state index in [0.29, 0.717) is 37.6 Å². The fourth-order valence-electron chi connectivity index (χ4n) is 2.03. The van der Waals surface area contributed by atoms with Crippen molar-refractivity contribution in [3.05, 3.63) is 11.7 Å². The minimum Gasteiger partial charge on any atom is -0.376 e. The van der Waals surface area contributed by atoms with Gasteiger partial charge in [-0.3, -0.25) is 0 Å². The van der Waals surface area contributed by atoms with Gasteiger partial charge in [0.05, 0.1) is 19.8 Å². The van der Waals surface area contributed by atoms with Crippen molar-refractivity contribution in [2.45, 2.75) is 38.3 Å². The van der Waals surface area contributed by atoms with Crippen molar-refractivity contribution >= 4 is 0 Å². The molecule has 18 heavy (non-hydrogen) atoms. The predicted molar refractivity (Wildman–Crippen MR) is 65.3 cm³/mol. The summed E-state index contributed by atoms with van der Waals surface area (Å²) < 4.78 is 16.1. The Morgan fingerprint density at radius 2 is 2.33 bits per heavy atom. The van der Waals surface area contributed by atoms with E-state index in [-0.39, 0.29) is 6.10 Å². The summed E-state index contributed by atoms with van der Waals surface area (Å²) in [5.74, 6) is 1.25. The molecule has 1 N–H and O–H groups in total. The molecule has 1 aromatic rings. The molecular formula is C12H21N3O3. The van der Waals surface area contributed by atoms with Crippen LogP contribution >= 0.6 is 0 Å². The van der Waals surface area contributed by atoms with Gasteiger partial charge in [-0.05, 0) is 13.5 Å². The number of nitrogens with one attached hydrogen (secondary N) is 1. The van der Waals surface area contributed by atoms with Gasteiger partial charge in [-0.25, -0.2) is 0 Å². The molecule has 0 bridgehead atoms. The maximum Gasteiger partial charge on any atom is 0.228 e. The molecule has 6 nitrogen and oxygen atoms in total. The van der Waals surface area contributed by atoms with E-state index in [2.05, 4.69) is 22.4 Å². The number of aromatic nitrogens is 2. The van der Waals surface area contributed by atoms with Crippen LogP contribution in [0.25, 0.3) is 0 Å². The van der Waals surface area contributed by atoms with Crippen LogP contribution in [0.3, 0.4) is 0 Å². The molecule has 1 aromatic heterocycles. The third kappa shape index (κ3) is 3.51. The van der Waals surface area contributed by atoms with Crippen LogP contribution in [0, 0.1) is 0 Å². The van der Waals surface area contributed by atoms with Gasteiger partial charge in [0.2, 0.25) is 11.7 Å². The summed E-state index contributed by atoms with van der Waals surface area (Å²) >= 11 is 0. The molecule has 0 spiro atoms. The Balaban J connectivity index is 1.92. The molecule has 2 rings (SSSR count). The average Bonchev–Trinajstić information content (AvgIpc) is 2.88. The van der Waals surface area contributed by atoms with Gasteiger partial charge < -0.3 is 19.3 Å². The topological polar surface area (TPSA) is 69.4 Å². The van der Waals surface area contributed by atoms with Gasteiger partial charge in [0, 0.05) is 12.5 Å². The lowest BCUT2D eigenvalue weighted by Crippen LogP contribution is -2.27. The molecule has 6 heteroatoms. The van der Waals surface area contributed by atoms with Gasteiger partial charge >= 0.3 is 0 Å². The fourth-order valence-corrected chi connectivity index (χ4v) is 2.03. The van der Waals surface area contributed by atoms with Crippen molar-refractivity contribution in [1.82, 2.24) is 15.5 Å². The summed E-state index contributed by atoms with van der Waals surface area (Å²) in [7, 11) is 1.95. The van der Waals surface area contributed by atoms with Crippen molar-refractivity contribution in [3.8, 4) is 0 Å². The molecule has 1 saturated heterocycles. The quantitative estimate of drug-likeness (QED) is 0.820. The van der Waals surface area contributed by atoms with Gasteiger partial charge in [0.1, 0.15) is 6.10 Å². The Morgan fingerprint density at radius 1 is 1.44 bits per heavy atom. The standard InChI is InChI=1S/C12H21N3O3/c1-3-4-9(13-2)7-11-14-12(15-18-11)10-8-16-5-6-17-10/h9-10,13H,3-8H2,1-2H3. The van der Waals surface area contributed by atoms with Crippen LogP contribution in [0.1, 0.15) is 37.6 Å². The summed E-state index contributed by atoms with van der Waals surface area (Å²) in [6.45, 7) is 3.89. The first-order valence-electron chi connectivity index (χ1n) is 6.52. The van der Waals surface area contributed by atoms with Crippen molar-refractivity contribution < 1.29 is 14.0 Å². The number of hydrogen-bond acceptors (Lipinski definition) is 6. The Morgan fingerprint density at radius 3 is 3.00 bits per heavy atom. The molecule has 1 fully saturated rings. The SMILES string of the molecule is CCCC(Cc1nc(C2COCCO2)no1)NC. The van der Waals surface area contributed by atoms with E-state index in [1.807, 2.05) is 7.05 Å². The van der Waals surface area contributed by atoms with Crippen LogP contribution in [0.2, 0.25) is 0 Å². The minimum absolute atomic E-state index is 0.185. The third-order valence-electron chi connectivity index (χ3n) is 3.05. The summed E-state index contributed by atoms with van der Waals surface area (Å²) in [6.07, 6.45) is 2.80. The number of hydrogen-bond donors (Lipinski definition) is 1. The molecule has 0 aliphatic carbocycles. The molecule has 0 radical (unpaired) electrons. The van der Waals surface area contributed by atoms with Crippen molar-refractivity contribution in [1.29, 1.82) is 0 Å². The van der Waals surface area contributed by atoms with Crippen molar-refractivity contribution in [2.75, 3.05) is 26.9 Å². The second-order valence-electron chi connectivity index (χ2n) is 4.46. The highest BCUT2D eigenvalue weighted by Gasteiger charge is 2.23. The zero-order valence-electron chi connectivity index (χ0n) is 11.0. The van der Waals surface area contributed by atoms with Crippen LogP contribution in [0.4, 0.5) is 0 Å². The third-order valence-corrected chi connectivity index (χ3v) is 3.05. The van der Waals surface area contributed by atoms with Crippen LogP contribution in [-0.2, 0) is 15.9 Å². The van der Waals surface area contributed by atoms with Crippen molar-refractivity contribution in [3.63, 3.8) is 0 Å². The molecule has 2 atom stereocenters. The summed E-state index contributed by atoms with van der Waals surface area (Å²) in [5.41, 5.74) is 0. The second-order valence-corrected chi connectivity index (χ2v) is 4.46. The number of ether oxygens (including phenoxy) is 2. The van der Waals surface area contributed by atoms with Gasteiger partial charge in [0.15, 0.2) is 0 Å². The maximum atomic E-state index is 5.53. The highest BCUT2D eigenvalue weighted by Crippen LogP contribution is 2.18. The van der Waals surface area contributed by atoms with E-state index < -0.39 is 0 Å². The van der Waals surface area contributed by atoms with Gasteiger partial charge in [-0.2, -0.15) is 4.98 Å². The summed E-state index contributed by atoms with van der Waals surface area (Å²) in [6, 6.07) is 0.381. The molecule has 0 amide bonds. The number of likely N-dealkylation sites (N-methyl/N-ethyl adjacent to an activating group) is 1. The van der Waals surface area contributed by atoms with Crippen LogP contribution in [-0.4, -0.2) is 43.1 Å². The van der Waals surface area contributed by atoms with Crippen molar-refractivity contribution in [2.24, 2.45) is 0 Å². The van der Waals surface area contributed by atoms with E-state index in [1.165, 1.54) is 0 Å².